The summed E-state index contributed by atoms with van der Waals surface area (Å²) in [5.74, 6) is 1.04. The zero-order chi connectivity index (χ0) is 14.5. The van der Waals surface area contributed by atoms with Gasteiger partial charge in [0.15, 0.2) is 0 Å². The molecule has 3 nitrogen and oxygen atoms in total. The summed E-state index contributed by atoms with van der Waals surface area (Å²) in [5.41, 5.74) is 1.58. The van der Waals surface area contributed by atoms with Crippen LogP contribution >= 0.6 is 11.6 Å². The minimum Gasteiger partial charge on any atom is -0.497 e. The molecule has 106 valence electrons. The smallest absolute Gasteiger partial charge is 0.126 e. The maximum absolute atomic E-state index is 13.2. The highest BCUT2D eigenvalue weighted by molar-refractivity contribution is 6.30. The Morgan fingerprint density at radius 1 is 1.00 bits per heavy atom. The average molecular weight is 296 g/mol. The van der Waals surface area contributed by atoms with Crippen LogP contribution in [0.1, 0.15) is 5.56 Å². The van der Waals surface area contributed by atoms with Crippen molar-refractivity contribution in [3.63, 3.8) is 0 Å². The van der Waals surface area contributed by atoms with Gasteiger partial charge in [0, 0.05) is 23.3 Å². The van der Waals surface area contributed by atoms with Crippen molar-refractivity contribution in [2.45, 2.75) is 6.54 Å². The number of halogens is 2. The lowest BCUT2D eigenvalue weighted by atomic mass is 10.2. The lowest BCUT2D eigenvalue weighted by Gasteiger charge is -2.10. The molecule has 0 spiro atoms. The Labute approximate surface area is 122 Å². The summed E-state index contributed by atoms with van der Waals surface area (Å²) >= 11 is 5.81. The van der Waals surface area contributed by atoms with Gasteiger partial charge in [0.1, 0.15) is 17.3 Å². The van der Waals surface area contributed by atoms with Crippen molar-refractivity contribution in [2.75, 3.05) is 19.5 Å². The highest BCUT2D eigenvalue weighted by atomic mass is 35.5. The van der Waals surface area contributed by atoms with Crippen LogP contribution in [0.25, 0.3) is 0 Å². The molecule has 5 heteroatoms. The summed E-state index contributed by atoms with van der Waals surface area (Å²) in [6.07, 6.45) is 0. The largest absolute Gasteiger partial charge is 0.497 e. The maximum atomic E-state index is 13.2. The van der Waals surface area contributed by atoms with E-state index in [9.17, 15) is 4.39 Å². The second kappa shape index (κ2) is 6.48. The van der Waals surface area contributed by atoms with Gasteiger partial charge in [-0.05, 0) is 35.9 Å². The number of benzene rings is 2. The quantitative estimate of drug-likeness (QED) is 0.900. The van der Waals surface area contributed by atoms with Gasteiger partial charge < -0.3 is 14.8 Å². The normalized spacial score (nSPS) is 10.2. The lowest BCUT2D eigenvalue weighted by Crippen LogP contribution is -2.01. The number of methoxy groups -OCH3 is 2. The lowest BCUT2D eigenvalue weighted by molar-refractivity contribution is 0.393. The molecule has 0 amide bonds. The van der Waals surface area contributed by atoms with Gasteiger partial charge in [-0.25, -0.2) is 4.39 Å². The standard InChI is InChI=1S/C15H15ClFNO2/c1-19-14-3-10(4-15(8-14)20-2)9-18-13-6-11(16)5-12(17)7-13/h3-8,18H,9H2,1-2H3. The average Bonchev–Trinajstić information content (AvgIpc) is 2.43. The van der Waals surface area contributed by atoms with E-state index in [1.165, 1.54) is 12.1 Å². The fourth-order valence-corrected chi connectivity index (χ4v) is 2.05. The molecule has 0 saturated heterocycles. The molecule has 0 bridgehead atoms. The van der Waals surface area contributed by atoms with Crippen molar-refractivity contribution in [2.24, 2.45) is 0 Å². The Hall–Kier alpha value is -1.94. The first-order valence-electron chi connectivity index (χ1n) is 6.02. The van der Waals surface area contributed by atoms with Crippen molar-refractivity contribution in [3.05, 3.63) is 52.8 Å². The number of ether oxygens (including phenoxy) is 2. The van der Waals surface area contributed by atoms with Crippen LogP contribution in [-0.4, -0.2) is 14.2 Å². The first-order valence-corrected chi connectivity index (χ1v) is 6.40. The van der Waals surface area contributed by atoms with E-state index < -0.39 is 0 Å². The Morgan fingerprint density at radius 3 is 2.20 bits per heavy atom. The molecular formula is C15H15ClFNO2. The van der Waals surface area contributed by atoms with E-state index in [1.807, 2.05) is 12.1 Å². The van der Waals surface area contributed by atoms with E-state index >= 15 is 0 Å². The molecule has 0 fully saturated rings. The van der Waals surface area contributed by atoms with Gasteiger partial charge in [-0.2, -0.15) is 0 Å². The molecule has 0 atom stereocenters. The number of hydrogen-bond acceptors (Lipinski definition) is 3. The van der Waals surface area contributed by atoms with Crippen molar-refractivity contribution >= 4 is 17.3 Å². The first-order chi connectivity index (χ1) is 9.60. The molecular weight excluding hydrogens is 281 g/mol. The monoisotopic (exact) mass is 295 g/mol. The molecule has 2 aromatic rings. The van der Waals surface area contributed by atoms with Gasteiger partial charge in [-0.15, -0.1) is 0 Å². The molecule has 0 radical (unpaired) electrons. The van der Waals surface area contributed by atoms with E-state index in [-0.39, 0.29) is 5.82 Å². The van der Waals surface area contributed by atoms with Crippen LogP contribution in [0.3, 0.4) is 0 Å². The number of hydrogen-bond donors (Lipinski definition) is 1. The maximum Gasteiger partial charge on any atom is 0.126 e. The third-order valence-electron chi connectivity index (χ3n) is 2.77. The second-order valence-corrected chi connectivity index (χ2v) is 4.67. The second-order valence-electron chi connectivity index (χ2n) is 4.23. The highest BCUT2D eigenvalue weighted by Gasteiger charge is 2.03. The first kappa shape index (κ1) is 14.5. The summed E-state index contributed by atoms with van der Waals surface area (Å²) < 4.78 is 23.6. The van der Waals surface area contributed by atoms with Crippen molar-refractivity contribution in [1.29, 1.82) is 0 Å². The van der Waals surface area contributed by atoms with Crippen LogP contribution in [0.4, 0.5) is 10.1 Å². The number of rotatable bonds is 5. The van der Waals surface area contributed by atoms with Crippen LogP contribution in [-0.2, 0) is 6.54 Å². The predicted octanol–water partition coefficient (Wildman–Crippen LogP) is 4.11. The van der Waals surface area contributed by atoms with Gasteiger partial charge in [0.05, 0.1) is 14.2 Å². The van der Waals surface area contributed by atoms with E-state index in [4.69, 9.17) is 21.1 Å². The van der Waals surface area contributed by atoms with Gasteiger partial charge in [0.25, 0.3) is 0 Å². The summed E-state index contributed by atoms with van der Waals surface area (Å²) in [7, 11) is 3.19. The van der Waals surface area contributed by atoms with Crippen molar-refractivity contribution in [3.8, 4) is 11.5 Å². The van der Waals surface area contributed by atoms with Gasteiger partial charge >= 0.3 is 0 Å². The van der Waals surface area contributed by atoms with E-state index in [1.54, 1.807) is 26.4 Å². The van der Waals surface area contributed by atoms with Crippen LogP contribution in [0.5, 0.6) is 11.5 Å². The fourth-order valence-electron chi connectivity index (χ4n) is 1.83. The number of nitrogens with one attached hydrogen (secondary N) is 1. The fraction of sp³-hybridized carbons (Fsp3) is 0.200. The SMILES string of the molecule is COc1cc(CNc2cc(F)cc(Cl)c2)cc(OC)c1. The number of anilines is 1. The molecule has 0 aromatic heterocycles. The molecule has 20 heavy (non-hydrogen) atoms. The minimum absolute atomic E-state index is 0.357. The van der Waals surface area contributed by atoms with Gasteiger partial charge in [-0.1, -0.05) is 11.6 Å². The molecule has 0 unspecified atom stereocenters. The zero-order valence-electron chi connectivity index (χ0n) is 11.2. The Balaban J connectivity index is 2.13. The highest BCUT2D eigenvalue weighted by Crippen LogP contribution is 2.24. The molecule has 1 N–H and O–H groups in total. The molecule has 0 aliphatic heterocycles. The minimum atomic E-state index is -0.372. The molecule has 0 saturated carbocycles. The third-order valence-corrected chi connectivity index (χ3v) is 2.99. The van der Waals surface area contributed by atoms with Crippen LogP contribution < -0.4 is 14.8 Å². The van der Waals surface area contributed by atoms with Crippen molar-refractivity contribution in [1.82, 2.24) is 0 Å². The van der Waals surface area contributed by atoms with Crippen molar-refractivity contribution < 1.29 is 13.9 Å². The summed E-state index contributed by atoms with van der Waals surface area (Å²) in [6, 6.07) is 9.89. The molecule has 0 heterocycles. The molecule has 0 aliphatic rings. The molecule has 2 aromatic carbocycles. The Bertz CT molecular complexity index is 562. The summed E-state index contributed by atoms with van der Waals surface area (Å²) in [4.78, 5) is 0. The topological polar surface area (TPSA) is 30.5 Å². The van der Waals surface area contributed by atoms with E-state index in [0.717, 1.165) is 5.56 Å². The van der Waals surface area contributed by atoms with E-state index in [0.29, 0.717) is 28.8 Å². The zero-order valence-corrected chi connectivity index (χ0v) is 12.0. The van der Waals surface area contributed by atoms with Crippen LogP contribution in [0.2, 0.25) is 5.02 Å². The Kier molecular flexibility index (Phi) is 4.69. The van der Waals surface area contributed by atoms with Gasteiger partial charge in [0.2, 0.25) is 0 Å². The van der Waals surface area contributed by atoms with Crippen LogP contribution in [0, 0.1) is 5.82 Å². The third kappa shape index (κ3) is 3.78. The molecule has 2 rings (SSSR count). The summed E-state index contributed by atoms with van der Waals surface area (Å²) in [5, 5.41) is 3.47. The summed E-state index contributed by atoms with van der Waals surface area (Å²) in [6.45, 7) is 0.507. The van der Waals surface area contributed by atoms with E-state index in [2.05, 4.69) is 5.32 Å². The molecule has 0 aliphatic carbocycles. The van der Waals surface area contributed by atoms with Crippen LogP contribution in [0.15, 0.2) is 36.4 Å². The Morgan fingerprint density at radius 2 is 1.65 bits per heavy atom. The van der Waals surface area contributed by atoms with Gasteiger partial charge in [-0.3, -0.25) is 0 Å². The predicted molar refractivity (Wildman–Crippen MR) is 78.3 cm³/mol.